The first-order valence-electron chi connectivity index (χ1n) is 7.71. The summed E-state index contributed by atoms with van der Waals surface area (Å²) in [5.74, 6) is 2.61. The van der Waals surface area contributed by atoms with Crippen molar-refractivity contribution in [1.82, 2.24) is 15.4 Å². The van der Waals surface area contributed by atoms with E-state index in [0.717, 1.165) is 42.7 Å². The van der Waals surface area contributed by atoms with E-state index in [0.29, 0.717) is 6.04 Å². The van der Waals surface area contributed by atoms with Crippen molar-refractivity contribution in [3.8, 4) is 0 Å². The van der Waals surface area contributed by atoms with Crippen LogP contribution >= 0.6 is 0 Å². The Hall–Kier alpha value is -1.52. The molecule has 0 spiro atoms. The standard InChI is InChI=1S/C15H21N3O2/c1-9-5-14(20-17-9)13-3-2-4-18(13)15(19)16-12-7-10-6-11(10)8-12/h5,10-13H,2-4,6-8H2,1H3,(H,16,19). The van der Waals surface area contributed by atoms with Gasteiger partial charge in [-0.3, -0.25) is 0 Å². The summed E-state index contributed by atoms with van der Waals surface area (Å²) in [5.41, 5.74) is 0.878. The summed E-state index contributed by atoms with van der Waals surface area (Å²) in [6, 6.07) is 2.48. The molecule has 108 valence electrons. The predicted octanol–water partition coefficient (Wildman–Crippen LogP) is 2.63. The SMILES string of the molecule is Cc1cc(C2CCCN2C(=O)NC2CC3CC3C2)on1. The number of carbonyl (C=O) groups excluding carboxylic acids is 1. The van der Waals surface area contributed by atoms with Crippen LogP contribution in [0.2, 0.25) is 0 Å². The number of fused-ring (bicyclic) bond motifs is 1. The number of likely N-dealkylation sites (tertiary alicyclic amines) is 1. The molecule has 0 radical (unpaired) electrons. The van der Waals surface area contributed by atoms with Crippen molar-refractivity contribution in [2.45, 2.75) is 51.1 Å². The molecule has 1 N–H and O–H groups in total. The summed E-state index contributed by atoms with van der Waals surface area (Å²) >= 11 is 0. The van der Waals surface area contributed by atoms with Gasteiger partial charge in [-0.25, -0.2) is 4.79 Å². The summed E-state index contributed by atoms with van der Waals surface area (Å²) < 4.78 is 5.35. The first-order valence-corrected chi connectivity index (χ1v) is 7.71. The zero-order valence-electron chi connectivity index (χ0n) is 11.8. The highest BCUT2D eigenvalue weighted by Crippen LogP contribution is 2.51. The van der Waals surface area contributed by atoms with E-state index in [1.807, 2.05) is 17.9 Å². The third-order valence-corrected chi connectivity index (χ3v) is 5.06. The Morgan fingerprint density at radius 1 is 1.40 bits per heavy atom. The maximum atomic E-state index is 12.5. The lowest BCUT2D eigenvalue weighted by atomic mass is 10.1. The number of aryl methyl sites for hydroxylation is 1. The van der Waals surface area contributed by atoms with E-state index in [4.69, 9.17) is 4.52 Å². The van der Waals surface area contributed by atoms with Gasteiger partial charge in [-0.2, -0.15) is 0 Å². The van der Waals surface area contributed by atoms with Crippen LogP contribution in [0.1, 0.15) is 49.6 Å². The second-order valence-electron chi connectivity index (χ2n) is 6.60. The second kappa shape index (κ2) is 4.50. The lowest BCUT2D eigenvalue weighted by molar-refractivity contribution is 0.178. The average Bonchev–Trinajstić information content (AvgIpc) is 2.88. The minimum Gasteiger partial charge on any atom is -0.359 e. The molecule has 0 aromatic carbocycles. The fraction of sp³-hybridized carbons (Fsp3) is 0.733. The summed E-state index contributed by atoms with van der Waals surface area (Å²) in [4.78, 5) is 14.4. The van der Waals surface area contributed by atoms with E-state index in [-0.39, 0.29) is 12.1 Å². The van der Waals surface area contributed by atoms with Gasteiger partial charge in [0.25, 0.3) is 0 Å². The normalized spacial score (nSPS) is 35.1. The molecule has 3 unspecified atom stereocenters. The Morgan fingerprint density at radius 3 is 2.90 bits per heavy atom. The number of nitrogens with one attached hydrogen (secondary N) is 1. The molecule has 2 aliphatic carbocycles. The molecule has 2 heterocycles. The van der Waals surface area contributed by atoms with Crippen molar-refractivity contribution < 1.29 is 9.32 Å². The molecular weight excluding hydrogens is 254 g/mol. The minimum atomic E-state index is 0.0622. The highest BCUT2D eigenvalue weighted by Gasteiger charge is 2.46. The molecule has 5 heteroatoms. The Morgan fingerprint density at radius 2 is 2.20 bits per heavy atom. The number of nitrogens with zero attached hydrogens (tertiary/aromatic N) is 2. The molecule has 3 fully saturated rings. The van der Waals surface area contributed by atoms with Crippen molar-refractivity contribution in [2.24, 2.45) is 11.8 Å². The lowest BCUT2D eigenvalue weighted by Crippen LogP contribution is -2.44. The van der Waals surface area contributed by atoms with E-state index in [1.165, 1.54) is 19.3 Å². The third kappa shape index (κ3) is 2.09. The molecule has 1 aliphatic heterocycles. The van der Waals surface area contributed by atoms with Crippen molar-refractivity contribution in [1.29, 1.82) is 0 Å². The average molecular weight is 275 g/mol. The molecule has 0 bridgehead atoms. The summed E-state index contributed by atoms with van der Waals surface area (Å²) in [5, 5.41) is 7.15. The number of rotatable bonds is 2. The van der Waals surface area contributed by atoms with Crippen LogP contribution in [-0.4, -0.2) is 28.7 Å². The van der Waals surface area contributed by atoms with Crippen LogP contribution < -0.4 is 5.32 Å². The number of carbonyl (C=O) groups is 1. The van der Waals surface area contributed by atoms with Gasteiger partial charge < -0.3 is 14.7 Å². The van der Waals surface area contributed by atoms with E-state index < -0.39 is 0 Å². The number of amides is 2. The number of urea groups is 1. The Bertz CT molecular complexity index is 517. The Labute approximate surface area is 118 Å². The molecule has 1 saturated heterocycles. The van der Waals surface area contributed by atoms with E-state index in [2.05, 4.69) is 10.5 Å². The Kier molecular flexibility index (Phi) is 2.75. The summed E-state index contributed by atoms with van der Waals surface area (Å²) in [7, 11) is 0. The van der Waals surface area contributed by atoms with Crippen LogP contribution in [0.3, 0.4) is 0 Å². The number of aromatic nitrogens is 1. The van der Waals surface area contributed by atoms with Gasteiger partial charge in [0, 0.05) is 18.7 Å². The van der Waals surface area contributed by atoms with Gasteiger partial charge in [-0.1, -0.05) is 5.16 Å². The molecule has 3 atom stereocenters. The molecule has 2 saturated carbocycles. The molecule has 2 amide bonds. The summed E-state index contributed by atoms with van der Waals surface area (Å²) in [6.07, 6.45) is 5.74. The van der Waals surface area contributed by atoms with Crippen LogP contribution in [0.5, 0.6) is 0 Å². The molecule has 20 heavy (non-hydrogen) atoms. The van der Waals surface area contributed by atoms with Crippen molar-refractivity contribution in [3.05, 3.63) is 17.5 Å². The van der Waals surface area contributed by atoms with Crippen LogP contribution in [-0.2, 0) is 0 Å². The van der Waals surface area contributed by atoms with Gasteiger partial charge in [0.15, 0.2) is 5.76 Å². The van der Waals surface area contributed by atoms with Crippen LogP contribution in [0, 0.1) is 18.8 Å². The van der Waals surface area contributed by atoms with E-state index >= 15 is 0 Å². The van der Waals surface area contributed by atoms with Crippen LogP contribution in [0.15, 0.2) is 10.6 Å². The molecule has 4 rings (SSSR count). The van der Waals surface area contributed by atoms with E-state index in [9.17, 15) is 4.79 Å². The molecule has 3 aliphatic rings. The fourth-order valence-electron chi connectivity index (χ4n) is 3.94. The molecule has 1 aromatic rings. The minimum absolute atomic E-state index is 0.0622. The largest absolute Gasteiger partial charge is 0.359 e. The molecular formula is C15H21N3O2. The highest BCUT2D eigenvalue weighted by molar-refractivity contribution is 5.75. The monoisotopic (exact) mass is 275 g/mol. The van der Waals surface area contributed by atoms with Crippen molar-refractivity contribution in [3.63, 3.8) is 0 Å². The predicted molar refractivity (Wildman–Crippen MR) is 73.1 cm³/mol. The highest BCUT2D eigenvalue weighted by atomic mass is 16.5. The van der Waals surface area contributed by atoms with Gasteiger partial charge in [0.05, 0.1) is 11.7 Å². The number of hydrogen-bond acceptors (Lipinski definition) is 3. The lowest BCUT2D eigenvalue weighted by Gasteiger charge is -2.25. The van der Waals surface area contributed by atoms with Crippen molar-refractivity contribution in [2.75, 3.05) is 6.54 Å². The summed E-state index contributed by atoms with van der Waals surface area (Å²) in [6.45, 7) is 2.73. The maximum absolute atomic E-state index is 12.5. The second-order valence-corrected chi connectivity index (χ2v) is 6.60. The third-order valence-electron chi connectivity index (χ3n) is 5.06. The van der Waals surface area contributed by atoms with Crippen LogP contribution in [0.4, 0.5) is 4.79 Å². The first kappa shape index (κ1) is 12.2. The van der Waals surface area contributed by atoms with Gasteiger partial charge in [-0.15, -0.1) is 0 Å². The zero-order chi connectivity index (χ0) is 13.7. The quantitative estimate of drug-likeness (QED) is 0.902. The first-order chi connectivity index (χ1) is 9.70. The van der Waals surface area contributed by atoms with Gasteiger partial charge >= 0.3 is 6.03 Å². The van der Waals surface area contributed by atoms with Crippen molar-refractivity contribution >= 4 is 6.03 Å². The van der Waals surface area contributed by atoms with Gasteiger partial charge in [0.2, 0.25) is 0 Å². The van der Waals surface area contributed by atoms with Gasteiger partial charge in [-0.05, 0) is 50.9 Å². The molecule has 5 nitrogen and oxygen atoms in total. The van der Waals surface area contributed by atoms with E-state index in [1.54, 1.807) is 0 Å². The fourth-order valence-corrected chi connectivity index (χ4v) is 3.94. The maximum Gasteiger partial charge on any atom is 0.318 e. The number of hydrogen-bond donors (Lipinski definition) is 1. The Balaban J connectivity index is 1.42. The zero-order valence-corrected chi connectivity index (χ0v) is 11.8. The molecule has 1 aromatic heterocycles. The van der Waals surface area contributed by atoms with Gasteiger partial charge in [0.1, 0.15) is 0 Å². The van der Waals surface area contributed by atoms with Crippen LogP contribution in [0.25, 0.3) is 0 Å². The smallest absolute Gasteiger partial charge is 0.318 e. The topological polar surface area (TPSA) is 58.4 Å².